The fourth-order valence-corrected chi connectivity index (χ4v) is 2.77. The summed E-state index contributed by atoms with van der Waals surface area (Å²) in [5, 5.41) is 15.0. The molecule has 30 heavy (non-hydrogen) atoms. The zero-order valence-corrected chi connectivity index (χ0v) is 17.8. The number of rotatable bonds is 13. The Kier molecular flexibility index (Phi) is 11.2. The molecular weight excluding hydrogens is 388 g/mol. The van der Waals surface area contributed by atoms with E-state index in [-0.39, 0.29) is 37.8 Å². The van der Waals surface area contributed by atoms with E-state index in [0.29, 0.717) is 0 Å². The molecule has 0 radical (unpaired) electrons. The molecule has 1 unspecified atom stereocenters. The first-order valence-electron chi connectivity index (χ1n) is 10.1. The number of nitrogens with one attached hydrogen (secondary N) is 2. The normalized spacial score (nSPS) is 15.2. The SMILES string of the molecule is CC(C)C(=O)[C@H](CN)NC(=O)[C@@H](NC(=O)[C@H](CCN)OCc1ccccc1)C(C)O. The van der Waals surface area contributed by atoms with Gasteiger partial charge in [-0.1, -0.05) is 44.2 Å². The summed E-state index contributed by atoms with van der Waals surface area (Å²) in [7, 11) is 0. The molecule has 0 aliphatic rings. The van der Waals surface area contributed by atoms with Gasteiger partial charge in [-0.25, -0.2) is 0 Å². The van der Waals surface area contributed by atoms with Crippen molar-refractivity contribution in [1.82, 2.24) is 10.6 Å². The Morgan fingerprint density at radius 3 is 2.17 bits per heavy atom. The van der Waals surface area contributed by atoms with Crippen LogP contribution in [0, 0.1) is 5.92 Å². The molecule has 0 aliphatic carbocycles. The summed E-state index contributed by atoms with van der Waals surface area (Å²) >= 11 is 0. The van der Waals surface area contributed by atoms with Crippen LogP contribution in [-0.2, 0) is 25.7 Å². The summed E-state index contributed by atoms with van der Waals surface area (Å²) in [6, 6.07) is 7.15. The topological polar surface area (TPSA) is 157 Å². The van der Waals surface area contributed by atoms with Crippen molar-refractivity contribution in [2.24, 2.45) is 17.4 Å². The van der Waals surface area contributed by atoms with Gasteiger partial charge in [0.15, 0.2) is 5.78 Å². The van der Waals surface area contributed by atoms with E-state index in [9.17, 15) is 19.5 Å². The van der Waals surface area contributed by atoms with E-state index in [1.165, 1.54) is 6.92 Å². The van der Waals surface area contributed by atoms with Gasteiger partial charge in [-0.3, -0.25) is 14.4 Å². The van der Waals surface area contributed by atoms with Gasteiger partial charge in [0.2, 0.25) is 11.8 Å². The van der Waals surface area contributed by atoms with E-state index < -0.39 is 36.1 Å². The van der Waals surface area contributed by atoms with Gasteiger partial charge in [-0.2, -0.15) is 0 Å². The number of hydrogen-bond donors (Lipinski definition) is 5. The van der Waals surface area contributed by atoms with Crippen LogP contribution in [0.3, 0.4) is 0 Å². The Balaban J connectivity index is 2.80. The number of carbonyl (C=O) groups excluding carboxylic acids is 3. The summed E-state index contributed by atoms with van der Waals surface area (Å²) in [5.74, 6) is -1.82. The van der Waals surface area contributed by atoms with E-state index >= 15 is 0 Å². The van der Waals surface area contributed by atoms with Gasteiger partial charge in [0.25, 0.3) is 0 Å². The second-order valence-corrected chi connectivity index (χ2v) is 7.44. The number of hydrogen-bond acceptors (Lipinski definition) is 7. The number of ketones is 1. The zero-order valence-electron chi connectivity index (χ0n) is 17.8. The highest BCUT2D eigenvalue weighted by Crippen LogP contribution is 2.08. The van der Waals surface area contributed by atoms with Crippen molar-refractivity contribution in [2.45, 2.75) is 58.1 Å². The molecule has 4 atom stereocenters. The molecule has 1 rings (SSSR count). The van der Waals surface area contributed by atoms with Crippen LogP contribution in [0.2, 0.25) is 0 Å². The number of Topliss-reactive ketones (excluding diaryl/α,β-unsaturated/α-hetero) is 1. The quantitative estimate of drug-likeness (QED) is 0.285. The lowest BCUT2D eigenvalue weighted by Gasteiger charge is -2.26. The van der Waals surface area contributed by atoms with Gasteiger partial charge in [-0.15, -0.1) is 0 Å². The Labute approximate surface area is 177 Å². The lowest BCUT2D eigenvalue weighted by atomic mass is 10.0. The second-order valence-electron chi connectivity index (χ2n) is 7.44. The first-order valence-corrected chi connectivity index (χ1v) is 10.1. The average Bonchev–Trinajstić information content (AvgIpc) is 2.72. The molecule has 1 aromatic carbocycles. The second kappa shape index (κ2) is 13.1. The molecule has 7 N–H and O–H groups in total. The van der Waals surface area contributed by atoms with Crippen LogP contribution in [-0.4, -0.2) is 60.1 Å². The Morgan fingerprint density at radius 1 is 1.03 bits per heavy atom. The monoisotopic (exact) mass is 422 g/mol. The Bertz CT molecular complexity index is 681. The fraction of sp³-hybridized carbons (Fsp3) is 0.571. The molecular formula is C21H34N4O5. The van der Waals surface area contributed by atoms with Crippen molar-refractivity contribution < 1.29 is 24.2 Å². The van der Waals surface area contributed by atoms with Crippen LogP contribution in [0.15, 0.2) is 30.3 Å². The third kappa shape index (κ3) is 8.19. The van der Waals surface area contributed by atoms with Crippen molar-refractivity contribution >= 4 is 17.6 Å². The molecule has 0 heterocycles. The lowest BCUT2D eigenvalue weighted by Crippen LogP contribution is -2.59. The van der Waals surface area contributed by atoms with Crippen LogP contribution < -0.4 is 22.1 Å². The van der Waals surface area contributed by atoms with Crippen molar-refractivity contribution in [2.75, 3.05) is 13.1 Å². The Morgan fingerprint density at radius 2 is 1.67 bits per heavy atom. The number of aliphatic hydroxyl groups is 1. The zero-order chi connectivity index (χ0) is 22.7. The van der Waals surface area contributed by atoms with Gasteiger partial charge in [0, 0.05) is 12.5 Å². The van der Waals surface area contributed by atoms with Crippen molar-refractivity contribution in [1.29, 1.82) is 0 Å². The van der Waals surface area contributed by atoms with E-state index in [1.54, 1.807) is 13.8 Å². The number of benzene rings is 1. The maximum absolute atomic E-state index is 12.7. The van der Waals surface area contributed by atoms with Gasteiger partial charge < -0.3 is 31.9 Å². The van der Waals surface area contributed by atoms with Gasteiger partial charge in [-0.05, 0) is 25.5 Å². The molecule has 168 valence electrons. The van der Waals surface area contributed by atoms with E-state index in [4.69, 9.17) is 16.2 Å². The van der Waals surface area contributed by atoms with Crippen molar-refractivity contribution in [3.05, 3.63) is 35.9 Å². The van der Waals surface area contributed by atoms with Crippen LogP contribution in [0.5, 0.6) is 0 Å². The molecule has 2 amide bonds. The van der Waals surface area contributed by atoms with Crippen LogP contribution in [0.25, 0.3) is 0 Å². The number of amides is 2. The molecule has 0 saturated carbocycles. The molecule has 0 aromatic heterocycles. The van der Waals surface area contributed by atoms with Gasteiger partial charge in [0.05, 0.1) is 18.8 Å². The fourth-order valence-electron chi connectivity index (χ4n) is 2.77. The van der Waals surface area contributed by atoms with E-state index in [1.807, 2.05) is 30.3 Å². The molecule has 9 heteroatoms. The molecule has 0 fully saturated rings. The summed E-state index contributed by atoms with van der Waals surface area (Å²) in [5.41, 5.74) is 12.1. The lowest BCUT2D eigenvalue weighted by molar-refractivity contribution is -0.140. The third-order valence-electron chi connectivity index (χ3n) is 4.54. The van der Waals surface area contributed by atoms with E-state index in [2.05, 4.69) is 10.6 Å². The smallest absolute Gasteiger partial charge is 0.249 e. The van der Waals surface area contributed by atoms with Crippen LogP contribution >= 0.6 is 0 Å². The molecule has 0 aliphatic heterocycles. The standard InChI is InChI=1S/C21H34N4O5/c1-13(2)19(27)16(11-23)24-21(29)18(14(3)26)25-20(28)17(9-10-22)30-12-15-7-5-4-6-8-15/h4-8,13-14,16-18,26H,9-12,22-23H2,1-3H3,(H,24,29)(H,25,28)/t14?,16-,17-,18-/m0/s1. The largest absolute Gasteiger partial charge is 0.391 e. The van der Waals surface area contributed by atoms with Crippen molar-refractivity contribution in [3.8, 4) is 0 Å². The average molecular weight is 423 g/mol. The number of aliphatic hydroxyl groups excluding tert-OH is 1. The minimum atomic E-state index is -1.27. The summed E-state index contributed by atoms with van der Waals surface area (Å²) < 4.78 is 5.68. The first kappa shape index (κ1) is 25.7. The molecule has 0 saturated heterocycles. The Hall–Kier alpha value is -2.33. The maximum Gasteiger partial charge on any atom is 0.249 e. The summed E-state index contributed by atoms with van der Waals surface area (Å²) in [6.07, 6.45) is -1.86. The number of carbonyl (C=O) groups is 3. The van der Waals surface area contributed by atoms with Gasteiger partial charge in [0.1, 0.15) is 12.1 Å². The predicted molar refractivity (Wildman–Crippen MR) is 113 cm³/mol. The van der Waals surface area contributed by atoms with Gasteiger partial charge >= 0.3 is 0 Å². The number of nitrogens with two attached hydrogens (primary N) is 2. The first-order chi connectivity index (χ1) is 14.2. The van der Waals surface area contributed by atoms with Crippen LogP contribution in [0.1, 0.15) is 32.8 Å². The molecule has 0 spiro atoms. The highest BCUT2D eigenvalue weighted by molar-refractivity contribution is 5.94. The summed E-state index contributed by atoms with van der Waals surface area (Å²) in [6.45, 7) is 5.09. The maximum atomic E-state index is 12.7. The van der Waals surface area contributed by atoms with Crippen molar-refractivity contribution in [3.63, 3.8) is 0 Å². The molecule has 0 bridgehead atoms. The summed E-state index contributed by atoms with van der Waals surface area (Å²) in [4.78, 5) is 37.5. The highest BCUT2D eigenvalue weighted by Gasteiger charge is 2.32. The number of ether oxygens (including phenoxy) is 1. The minimum Gasteiger partial charge on any atom is -0.391 e. The highest BCUT2D eigenvalue weighted by atomic mass is 16.5. The molecule has 9 nitrogen and oxygen atoms in total. The predicted octanol–water partition coefficient (Wildman–Crippen LogP) is -0.545. The van der Waals surface area contributed by atoms with E-state index in [0.717, 1.165) is 5.56 Å². The third-order valence-corrected chi connectivity index (χ3v) is 4.54. The molecule has 1 aromatic rings. The minimum absolute atomic E-state index is 0.0841. The van der Waals surface area contributed by atoms with Crippen LogP contribution in [0.4, 0.5) is 0 Å².